The van der Waals surface area contributed by atoms with Crippen LogP contribution in [-0.2, 0) is 11.3 Å². The highest BCUT2D eigenvalue weighted by Crippen LogP contribution is 2.34. The fourth-order valence-electron chi connectivity index (χ4n) is 2.91. The van der Waals surface area contributed by atoms with Crippen LogP contribution >= 0.6 is 0 Å². The molecule has 0 radical (unpaired) electrons. The predicted molar refractivity (Wildman–Crippen MR) is 79.6 cm³/mol. The van der Waals surface area contributed by atoms with Gasteiger partial charge in [-0.1, -0.05) is 20.8 Å². The summed E-state index contributed by atoms with van der Waals surface area (Å²) in [6.45, 7) is 11.0. The second-order valence-electron chi connectivity index (χ2n) is 6.76. The first-order chi connectivity index (χ1) is 9.38. The molecule has 1 aromatic heterocycles. The molecular weight excluding hydrogens is 252 g/mol. The summed E-state index contributed by atoms with van der Waals surface area (Å²) in [4.78, 5) is 4.36. The van der Waals surface area contributed by atoms with Crippen LogP contribution < -0.4 is 5.32 Å². The molecule has 0 aromatic carbocycles. The van der Waals surface area contributed by atoms with Gasteiger partial charge in [0.05, 0.1) is 11.8 Å². The van der Waals surface area contributed by atoms with Crippen molar-refractivity contribution < 1.29 is 9.84 Å². The molecule has 1 saturated heterocycles. The van der Waals surface area contributed by atoms with E-state index in [9.17, 15) is 5.11 Å². The van der Waals surface area contributed by atoms with Gasteiger partial charge in [0.2, 0.25) is 0 Å². The topological polar surface area (TPSA) is 54.4 Å². The highest BCUT2D eigenvalue weighted by molar-refractivity contribution is 5.27. The molecule has 2 heterocycles. The number of hydrogen-bond donors (Lipinski definition) is 2. The molecule has 112 valence electrons. The van der Waals surface area contributed by atoms with E-state index in [-0.39, 0.29) is 11.2 Å². The molecule has 2 atom stereocenters. The molecule has 0 bridgehead atoms. The molecule has 20 heavy (non-hydrogen) atoms. The molecule has 1 fully saturated rings. The molecule has 1 aliphatic heterocycles. The minimum Gasteiger partial charge on any atom is -0.506 e. The lowest BCUT2D eigenvalue weighted by atomic mass is 9.81. The Morgan fingerprint density at radius 1 is 1.40 bits per heavy atom. The third kappa shape index (κ3) is 3.70. The van der Waals surface area contributed by atoms with Gasteiger partial charge in [0.15, 0.2) is 0 Å². The summed E-state index contributed by atoms with van der Waals surface area (Å²) in [5, 5.41) is 13.2. The van der Waals surface area contributed by atoms with Crippen LogP contribution in [0.25, 0.3) is 0 Å². The Kier molecular flexibility index (Phi) is 4.66. The summed E-state index contributed by atoms with van der Waals surface area (Å²) in [7, 11) is 0. The maximum Gasteiger partial charge on any atom is 0.138 e. The molecule has 4 heteroatoms. The minimum absolute atomic E-state index is 0.173. The number of aromatic nitrogens is 1. The second kappa shape index (κ2) is 6.10. The van der Waals surface area contributed by atoms with E-state index in [1.54, 1.807) is 6.07 Å². The number of nitrogens with zero attached hydrogens (tertiary/aromatic N) is 1. The maximum absolute atomic E-state index is 9.78. The normalized spacial score (nSPS) is 23.2. The van der Waals surface area contributed by atoms with Crippen LogP contribution in [0.15, 0.2) is 12.1 Å². The number of rotatable bonds is 4. The van der Waals surface area contributed by atoms with Crippen LogP contribution in [0.5, 0.6) is 5.75 Å². The first kappa shape index (κ1) is 15.3. The predicted octanol–water partition coefficient (Wildman–Crippen LogP) is 2.64. The van der Waals surface area contributed by atoms with Gasteiger partial charge >= 0.3 is 0 Å². The van der Waals surface area contributed by atoms with Crippen molar-refractivity contribution >= 4 is 0 Å². The minimum atomic E-state index is 0.173. The summed E-state index contributed by atoms with van der Waals surface area (Å²) in [5.74, 6) is 0.792. The van der Waals surface area contributed by atoms with Crippen molar-refractivity contribution in [1.82, 2.24) is 10.3 Å². The van der Waals surface area contributed by atoms with Crippen LogP contribution in [0, 0.1) is 18.3 Å². The molecule has 2 rings (SSSR count). The van der Waals surface area contributed by atoms with Gasteiger partial charge in [-0.25, -0.2) is 0 Å². The van der Waals surface area contributed by atoms with Gasteiger partial charge in [0, 0.05) is 31.3 Å². The average molecular weight is 278 g/mol. The average Bonchev–Trinajstić information content (AvgIpc) is 2.82. The van der Waals surface area contributed by atoms with E-state index in [4.69, 9.17) is 4.74 Å². The van der Waals surface area contributed by atoms with Crippen molar-refractivity contribution in [3.05, 3.63) is 23.5 Å². The maximum atomic E-state index is 9.78. The first-order valence-corrected chi connectivity index (χ1v) is 7.36. The van der Waals surface area contributed by atoms with Crippen molar-refractivity contribution in [2.45, 2.75) is 46.8 Å². The number of pyridine rings is 1. The second-order valence-corrected chi connectivity index (χ2v) is 6.76. The quantitative estimate of drug-likeness (QED) is 0.889. The van der Waals surface area contributed by atoms with Crippen LogP contribution in [0.1, 0.15) is 38.6 Å². The van der Waals surface area contributed by atoms with Crippen LogP contribution in [-0.4, -0.2) is 29.3 Å². The Bertz CT molecular complexity index is 454. The lowest BCUT2D eigenvalue weighted by Gasteiger charge is -2.31. The van der Waals surface area contributed by atoms with Gasteiger partial charge in [0.1, 0.15) is 5.75 Å². The lowest BCUT2D eigenvalue weighted by molar-refractivity contribution is 0.00719. The van der Waals surface area contributed by atoms with Crippen molar-refractivity contribution in [1.29, 1.82) is 0 Å². The molecule has 0 spiro atoms. The smallest absolute Gasteiger partial charge is 0.138 e. The molecular formula is C16H26N2O2. The highest BCUT2D eigenvalue weighted by Gasteiger charge is 2.36. The molecule has 2 N–H and O–H groups in total. The van der Waals surface area contributed by atoms with Gasteiger partial charge in [-0.3, -0.25) is 4.98 Å². The van der Waals surface area contributed by atoms with E-state index in [2.05, 4.69) is 31.1 Å². The monoisotopic (exact) mass is 278 g/mol. The number of nitrogens with one attached hydrogen (secondary N) is 1. The van der Waals surface area contributed by atoms with Gasteiger partial charge in [-0.15, -0.1) is 0 Å². The molecule has 4 nitrogen and oxygen atoms in total. The third-order valence-corrected chi connectivity index (χ3v) is 3.86. The van der Waals surface area contributed by atoms with E-state index in [0.717, 1.165) is 31.0 Å². The SMILES string of the molecule is Cc1ccc(O)c(CNC[C@H]2CCO[C@@H]2C(C)(C)C)n1. The number of ether oxygens (including phenoxy) is 1. The standard InChI is InChI=1S/C16H26N2O2/c1-11-5-6-14(19)13(18-11)10-17-9-12-7-8-20-15(12)16(2,3)4/h5-6,12,15,17,19H,7-10H2,1-4H3/t12-,15+/m1/s1. The zero-order valence-electron chi connectivity index (χ0n) is 12.9. The first-order valence-electron chi connectivity index (χ1n) is 7.36. The number of aryl methyl sites for hydroxylation is 1. The van der Waals surface area contributed by atoms with E-state index >= 15 is 0 Å². The van der Waals surface area contributed by atoms with Crippen LogP contribution in [0.4, 0.5) is 0 Å². The van der Waals surface area contributed by atoms with E-state index in [1.807, 2.05) is 13.0 Å². The Morgan fingerprint density at radius 2 is 2.15 bits per heavy atom. The molecule has 1 aliphatic rings. The molecule has 0 unspecified atom stereocenters. The Hall–Kier alpha value is -1.13. The summed E-state index contributed by atoms with van der Waals surface area (Å²) in [5.41, 5.74) is 1.82. The fraction of sp³-hybridized carbons (Fsp3) is 0.688. The van der Waals surface area contributed by atoms with Crippen LogP contribution in [0.2, 0.25) is 0 Å². The molecule has 1 aromatic rings. The Morgan fingerprint density at radius 3 is 2.85 bits per heavy atom. The van der Waals surface area contributed by atoms with E-state index < -0.39 is 0 Å². The van der Waals surface area contributed by atoms with Gasteiger partial charge in [0.25, 0.3) is 0 Å². The zero-order valence-corrected chi connectivity index (χ0v) is 12.9. The van der Waals surface area contributed by atoms with Crippen molar-refractivity contribution in [3.63, 3.8) is 0 Å². The lowest BCUT2D eigenvalue weighted by Crippen LogP contribution is -2.36. The Labute approximate surface area is 121 Å². The van der Waals surface area contributed by atoms with Crippen molar-refractivity contribution in [3.8, 4) is 5.75 Å². The third-order valence-electron chi connectivity index (χ3n) is 3.86. The molecule has 0 aliphatic carbocycles. The summed E-state index contributed by atoms with van der Waals surface area (Å²) < 4.78 is 5.87. The van der Waals surface area contributed by atoms with Crippen molar-refractivity contribution in [2.75, 3.05) is 13.2 Å². The number of aromatic hydroxyl groups is 1. The summed E-state index contributed by atoms with van der Waals surface area (Å²) >= 11 is 0. The summed E-state index contributed by atoms with van der Waals surface area (Å²) in [6, 6.07) is 3.52. The van der Waals surface area contributed by atoms with Gasteiger partial charge in [-0.2, -0.15) is 0 Å². The largest absolute Gasteiger partial charge is 0.506 e. The highest BCUT2D eigenvalue weighted by atomic mass is 16.5. The van der Waals surface area contributed by atoms with E-state index in [0.29, 0.717) is 18.6 Å². The molecule has 0 saturated carbocycles. The Balaban J connectivity index is 1.88. The van der Waals surface area contributed by atoms with Crippen molar-refractivity contribution in [2.24, 2.45) is 11.3 Å². The zero-order chi connectivity index (χ0) is 14.8. The summed E-state index contributed by atoms with van der Waals surface area (Å²) in [6.07, 6.45) is 1.40. The fourth-order valence-corrected chi connectivity index (χ4v) is 2.91. The van der Waals surface area contributed by atoms with Gasteiger partial charge < -0.3 is 15.2 Å². The van der Waals surface area contributed by atoms with Gasteiger partial charge in [-0.05, 0) is 30.9 Å². The van der Waals surface area contributed by atoms with Crippen LogP contribution in [0.3, 0.4) is 0 Å². The molecule has 0 amide bonds. The van der Waals surface area contributed by atoms with E-state index in [1.165, 1.54) is 0 Å². The number of hydrogen-bond acceptors (Lipinski definition) is 4.